The van der Waals surface area contributed by atoms with Crippen molar-refractivity contribution in [1.82, 2.24) is 9.88 Å². The largest absolute Gasteiger partial charge is 0.324 e. The summed E-state index contributed by atoms with van der Waals surface area (Å²) in [6.45, 7) is 0.480. The lowest BCUT2D eigenvalue weighted by atomic mass is 10.1. The van der Waals surface area contributed by atoms with E-state index >= 15 is 0 Å². The molecular weight excluding hydrogens is 276 g/mol. The smallest absolute Gasteiger partial charge is 0.321 e. The van der Waals surface area contributed by atoms with Gasteiger partial charge in [-0.25, -0.2) is 18.6 Å². The quantitative estimate of drug-likeness (QED) is 0.807. The number of fused-ring (bicyclic) bond motifs is 1. The van der Waals surface area contributed by atoms with Crippen molar-refractivity contribution in [2.45, 2.75) is 12.3 Å². The first-order valence-electron chi connectivity index (χ1n) is 6.04. The third-order valence-corrected chi connectivity index (χ3v) is 3.98. The molecule has 0 radical (unpaired) electrons. The maximum absolute atomic E-state index is 13.2. The number of hydrogen-bond donors (Lipinski definition) is 1. The molecular formula is C12H12ClF2N3O. The number of hydrogen-bond acceptors (Lipinski definition) is 2. The van der Waals surface area contributed by atoms with E-state index in [2.05, 4.69) is 10.3 Å². The number of aromatic nitrogens is 1. The van der Waals surface area contributed by atoms with Crippen LogP contribution < -0.4 is 5.32 Å². The van der Waals surface area contributed by atoms with Gasteiger partial charge in [0.25, 0.3) is 5.92 Å². The van der Waals surface area contributed by atoms with Crippen molar-refractivity contribution in [1.29, 1.82) is 0 Å². The van der Waals surface area contributed by atoms with Gasteiger partial charge in [-0.15, -0.1) is 0 Å². The van der Waals surface area contributed by atoms with Crippen LogP contribution in [-0.2, 0) is 0 Å². The van der Waals surface area contributed by atoms with Gasteiger partial charge in [-0.2, -0.15) is 0 Å². The number of urea groups is 1. The first-order valence-corrected chi connectivity index (χ1v) is 6.41. The Labute approximate surface area is 113 Å². The molecule has 0 bridgehead atoms. The highest BCUT2D eigenvalue weighted by Crippen LogP contribution is 2.59. The number of carbonyl (C=O) groups excluding carboxylic acids is 1. The Hall–Kier alpha value is -1.43. The molecule has 0 spiro atoms. The molecule has 2 fully saturated rings. The Morgan fingerprint density at radius 2 is 2.26 bits per heavy atom. The van der Waals surface area contributed by atoms with Gasteiger partial charge in [0.15, 0.2) is 0 Å². The van der Waals surface area contributed by atoms with E-state index in [0.29, 0.717) is 23.8 Å². The molecule has 1 aromatic rings. The highest BCUT2D eigenvalue weighted by atomic mass is 35.5. The number of alkyl halides is 2. The van der Waals surface area contributed by atoms with Gasteiger partial charge in [0.2, 0.25) is 0 Å². The normalized spacial score (nSPS) is 27.6. The van der Waals surface area contributed by atoms with Crippen LogP contribution in [0.3, 0.4) is 0 Å². The van der Waals surface area contributed by atoms with E-state index in [-0.39, 0.29) is 12.6 Å². The summed E-state index contributed by atoms with van der Waals surface area (Å²) in [6.07, 6.45) is 1.79. The molecule has 1 aliphatic carbocycles. The first-order chi connectivity index (χ1) is 8.98. The zero-order valence-corrected chi connectivity index (χ0v) is 10.7. The van der Waals surface area contributed by atoms with E-state index in [4.69, 9.17) is 11.6 Å². The maximum atomic E-state index is 13.2. The number of amides is 2. The summed E-state index contributed by atoms with van der Waals surface area (Å²) < 4.78 is 26.5. The van der Waals surface area contributed by atoms with E-state index in [1.165, 1.54) is 11.1 Å². The molecule has 2 atom stereocenters. The van der Waals surface area contributed by atoms with Gasteiger partial charge < -0.3 is 10.2 Å². The number of halogens is 3. The topological polar surface area (TPSA) is 45.2 Å². The van der Waals surface area contributed by atoms with Crippen LogP contribution in [0.25, 0.3) is 0 Å². The average molecular weight is 288 g/mol. The number of pyridine rings is 1. The zero-order valence-electron chi connectivity index (χ0n) is 9.94. The lowest BCUT2D eigenvalue weighted by molar-refractivity contribution is 0.0855. The summed E-state index contributed by atoms with van der Waals surface area (Å²) in [4.78, 5) is 17.2. The lowest BCUT2D eigenvalue weighted by Crippen LogP contribution is -2.39. The molecule has 0 aromatic carbocycles. The molecule has 2 aliphatic rings. The fourth-order valence-corrected chi connectivity index (χ4v) is 2.68. The average Bonchev–Trinajstić information content (AvgIpc) is 2.94. The van der Waals surface area contributed by atoms with Gasteiger partial charge in [0.05, 0.1) is 11.9 Å². The molecule has 1 saturated carbocycles. The summed E-state index contributed by atoms with van der Waals surface area (Å²) in [5, 5.41) is 2.96. The number of carbonyl (C=O) groups is 1. The third-order valence-electron chi connectivity index (χ3n) is 3.76. The highest BCUT2D eigenvalue weighted by molar-refractivity contribution is 6.29. The highest BCUT2D eigenvalue weighted by Gasteiger charge is 2.69. The van der Waals surface area contributed by atoms with Crippen LogP contribution in [-0.4, -0.2) is 34.9 Å². The number of likely N-dealkylation sites (tertiary alicyclic amines) is 1. The number of piperidine rings is 1. The Kier molecular flexibility index (Phi) is 2.85. The molecule has 1 aliphatic heterocycles. The zero-order chi connectivity index (χ0) is 13.6. The Morgan fingerprint density at radius 1 is 1.47 bits per heavy atom. The lowest BCUT2D eigenvalue weighted by Gasteiger charge is -2.25. The van der Waals surface area contributed by atoms with Crippen LogP contribution in [0.2, 0.25) is 5.15 Å². The van der Waals surface area contributed by atoms with Gasteiger partial charge in [-0.1, -0.05) is 11.6 Å². The van der Waals surface area contributed by atoms with Crippen LogP contribution in [0.15, 0.2) is 18.3 Å². The van der Waals surface area contributed by atoms with E-state index < -0.39 is 17.8 Å². The first kappa shape index (κ1) is 12.6. The Balaban J connectivity index is 1.61. The molecule has 102 valence electrons. The van der Waals surface area contributed by atoms with Crippen LogP contribution in [0.1, 0.15) is 6.42 Å². The number of rotatable bonds is 1. The monoisotopic (exact) mass is 287 g/mol. The van der Waals surface area contributed by atoms with Gasteiger partial charge in [-0.05, 0) is 18.6 Å². The van der Waals surface area contributed by atoms with Crippen molar-refractivity contribution in [3.05, 3.63) is 23.5 Å². The van der Waals surface area contributed by atoms with Crippen molar-refractivity contribution in [2.24, 2.45) is 11.8 Å². The minimum Gasteiger partial charge on any atom is -0.324 e. The SMILES string of the molecule is O=C(Nc1ccc(Cl)nc1)N1CCC2C(C1)C2(F)F. The van der Waals surface area contributed by atoms with Crippen molar-refractivity contribution in [3.8, 4) is 0 Å². The molecule has 2 unspecified atom stereocenters. The maximum Gasteiger partial charge on any atom is 0.321 e. The summed E-state index contributed by atoms with van der Waals surface area (Å²) >= 11 is 5.64. The predicted molar refractivity (Wildman–Crippen MR) is 66.4 cm³/mol. The predicted octanol–water partition coefficient (Wildman–Crippen LogP) is 2.85. The molecule has 4 nitrogen and oxygen atoms in total. The van der Waals surface area contributed by atoms with E-state index in [1.807, 2.05) is 0 Å². The third kappa shape index (κ3) is 2.25. The standard InChI is InChI=1S/C12H12ClF2N3O/c13-10-2-1-7(5-16-10)17-11(19)18-4-3-8-9(6-18)12(8,14)15/h1-2,5,8-9H,3-4,6H2,(H,17,19). The van der Waals surface area contributed by atoms with Crippen LogP contribution in [0.5, 0.6) is 0 Å². The molecule has 3 rings (SSSR count). The molecule has 19 heavy (non-hydrogen) atoms. The van der Waals surface area contributed by atoms with Gasteiger partial charge >= 0.3 is 6.03 Å². The van der Waals surface area contributed by atoms with Crippen molar-refractivity contribution in [3.63, 3.8) is 0 Å². The molecule has 1 aromatic heterocycles. The molecule has 7 heteroatoms. The van der Waals surface area contributed by atoms with Crippen molar-refractivity contribution >= 4 is 23.3 Å². The fourth-order valence-electron chi connectivity index (χ4n) is 2.56. The van der Waals surface area contributed by atoms with Crippen LogP contribution in [0.4, 0.5) is 19.3 Å². The van der Waals surface area contributed by atoms with Gasteiger partial charge in [0, 0.05) is 24.9 Å². The Morgan fingerprint density at radius 3 is 2.89 bits per heavy atom. The summed E-state index contributed by atoms with van der Waals surface area (Å²) in [5.41, 5.74) is 0.499. The molecule has 1 saturated heterocycles. The Bertz CT molecular complexity index is 508. The van der Waals surface area contributed by atoms with Crippen molar-refractivity contribution < 1.29 is 13.6 Å². The minimum absolute atomic E-state index is 0.116. The van der Waals surface area contributed by atoms with Gasteiger partial charge in [-0.3, -0.25) is 0 Å². The van der Waals surface area contributed by atoms with E-state index in [1.54, 1.807) is 12.1 Å². The van der Waals surface area contributed by atoms with Crippen LogP contribution in [0, 0.1) is 11.8 Å². The minimum atomic E-state index is -2.59. The molecule has 2 amide bonds. The van der Waals surface area contributed by atoms with E-state index in [9.17, 15) is 13.6 Å². The number of nitrogens with zero attached hydrogens (tertiary/aromatic N) is 2. The molecule has 2 heterocycles. The summed E-state index contributed by atoms with van der Waals surface area (Å²) in [6, 6.07) is 2.80. The fraction of sp³-hybridized carbons (Fsp3) is 0.500. The molecule has 1 N–H and O–H groups in total. The second kappa shape index (κ2) is 4.30. The van der Waals surface area contributed by atoms with Gasteiger partial charge in [0.1, 0.15) is 5.15 Å². The van der Waals surface area contributed by atoms with E-state index in [0.717, 1.165) is 0 Å². The summed E-state index contributed by atoms with van der Waals surface area (Å²) in [5.74, 6) is -3.79. The second-order valence-corrected chi connectivity index (χ2v) is 5.31. The second-order valence-electron chi connectivity index (χ2n) is 4.92. The van der Waals surface area contributed by atoms with Crippen molar-refractivity contribution in [2.75, 3.05) is 18.4 Å². The number of nitrogens with one attached hydrogen (secondary N) is 1. The summed E-state index contributed by atoms with van der Waals surface area (Å²) in [7, 11) is 0. The number of anilines is 1. The van der Waals surface area contributed by atoms with Crippen LogP contribution >= 0.6 is 11.6 Å².